The summed E-state index contributed by atoms with van der Waals surface area (Å²) in [6, 6.07) is 5.53. The summed E-state index contributed by atoms with van der Waals surface area (Å²) in [7, 11) is 0. The second kappa shape index (κ2) is 5.16. The van der Waals surface area contributed by atoms with Crippen molar-refractivity contribution in [2.45, 2.75) is 18.9 Å². The molecule has 0 saturated heterocycles. The standard InChI is InChI=1S/C14H18O4/c15-12(9-16-8-10-1-2-10)11-3-4-13-14(7-11)18-6-5-17-13/h3-4,7,10,12,15H,1-2,5-6,8-9H2. The number of hydrogen-bond acceptors (Lipinski definition) is 4. The van der Waals surface area contributed by atoms with Crippen LogP contribution >= 0.6 is 0 Å². The number of aliphatic hydroxyl groups is 1. The molecule has 1 unspecified atom stereocenters. The second-order valence-electron chi connectivity index (χ2n) is 4.90. The van der Waals surface area contributed by atoms with Gasteiger partial charge >= 0.3 is 0 Å². The van der Waals surface area contributed by atoms with E-state index in [0.29, 0.717) is 25.6 Å². The highest BCUT2D eigenvalue weighted by Gasteiger charge is 2.22. The number of fused-ring (bicyclic) bond motifs is 1. The first-order chi connectivity index (χ1) is 8.83. The molecule has 0 spiro atoms. The van der Waals surface area contributed by atoms with Crippen molar-refractivity contribution < 1.29 is 19.3 Å². The third-order valence-electron chi connectivity index (χ3n) is 3.28. The molecular weight excluding hydrogens is 232 g/mol. The van der Waals surface area contributed by atoms with Gasteiger partial charge in [0.15, 0.2) is 11.5 Å². The van der Waals surface area contributed by atoms with Crippen LogP contribution in [0.4, 0.5) is 0 Å². The summed E-state index contributed by atoms with van der Waals surface area (Å²) in [4.78, 5) is 0. The maximum absolute atomic E-state index is 10.0. The monoisotopic (exact) mass is 250 g/mol. The molecule has 3 rings (SSSR count). The number of aliphatic hydroxyl groups excluding tert-OH is 1. The molecule has 98 valence electrons. The van der Waals surface area contributed by atoms with Crippen molar-refractivity contribution in [3.63, 3.8) is 0 Å². The smallest absolute Gasteiger partial charge is 0.161 e. The molecule has 4 heteroatoms. The molecule has 1 aromatic rings. The van der Waals surface area contributed by atoms with E-state index in [1.54, 1.807) is 0 Å². The molecule has 1 atom stereocenters. The van der Waals surface area contributed by atoms with Crippen LogP contribution < -0.4 is 9.47 Å². The van der Waals surface area contributed by atoms with Gasteiger partial charge in [-0.3, -0.25) is 0 Å². The lowest BCUT2D eigenvalue weighted by Crippen LogP contribution is -2.16. The Bertz CT molecular complexity index is 414. The minimum Gasteiger partial charge on any atom is -0.486 e. The average Bonchev–Trinajstić information content (AvgIpc) is 3.22. The minimum atomic E-state index is -0.598. The molecule has 0 radical (unpaired) electrons. The maximum Gasteiger partial charge on any atom is 0.161 e. The van der Waals surface area contributed by atoms with Gasteiger partial charge in [-0.15, -0.1) is 0 Å². The fourth-order valence-electron chi connectivity index (χ4n) is 1.99. The summed E-state index contributed by atoms with van der Waals surface area (Å²) in [6.45, 7) is 2.25. The summed E-state index contributed by atoms with van der Waals surface area (Å²) in [6.07, 6.45) is 1.93. The van der Waals surface area contributed by atoms with Crippen LogP contribution in [0.2, 0.25) is 0 Å². The van der Waals surface area contributed by atoms with E-state index >= 15 is 0 Å². The Kier molecular flexibility index (Phi) is 3.39. The van der Waals surface area contributed by atoms with E-state index in [1.165, 1.54) is 12.8 Å². The molecule has 2 aliphatic rings. The first-order valence-corrected chi connectivity index (χ1v) is 6.48. The van der Waals surface area contributed by atoms with Gasteiger partial charge < -0.3 is 19.3 Å². The van der Waals surface area contributed by atoms with Crippen LogP contribution in [0.15, 0.2) is 18.2 Å². The largest absolute Gasteiger partial charge is 0.486 e. The first-order valence-electron chi connectivity index (χ1n) is 6.48. The van der Waals surface area contributed by atoms with Crippen molar-refractivity contribution in [3.8, 4) is 11.5 Å². The van der Waals surface area contributed by atoms with Gasteiger partial charge in [0.1, 0.15) is 19.3 Å². The topological polar surface area (TPSA) is 47.9 Å². The van der Waals surface area contributed by atoms with Crippen LogP contribution in [-0.2, 0) is 4.74 Å². The van der Waals surface area contributed by atoms with Crippen molar-refractivity contribution in [1.29, 1.82) is 0 Å². The van der Waals surface area contributed by atoms with Gasteiger partial charge in [0, 0.05) is 6.61 Å². The lowest BCUT2D eigenvalue weighted by molar-refractivity contribution is 0.0312. The van der Waals surface area contributed by atoms with Crippen molar-refractivity contribution in [2.24, 2.45) is 5.92 Å². The highest BCUT2D eigenvalue weighted by Crippen LogP contribution is 2.33. The summed E-state index contributed by atoms with van der Waals surface area (Å²) in [5.74, 6) is 2.17. The molecule has 1 saturated carbocycles. The van der Waals surface area contributed by atoms with Crippen LogP contribution in [0, 0.1) is 5.92 Å². The van der Waals surface area contributed by atoms with E-state index in [4.69, 9.17) is 14.2 Å². The van der Waals surface area contributed by atoms with Crippen LogP contribution in [0.25, 0.3) is 0 Å². The number of ether oxygens (including phenoxy) is 3. The Morgan fingerprint density at radius 2 is 2.00 bits per heavy atom. The van der Waals surface area contributed by atoms with Gasteiger partial charge in [-0.2, -0.15) is 0 Å². The first kappa shape index (κ1) is 11.8. The molecule has 0 aromatic heterocycles. The van der Waals surface area contributed by atoms with Crippen molar-refractivity contribution in [1.82, 2.24) is 0 Å². The normalized spacial score (nSPS) is 19.6. The SMILES string of the molecule is OC(COCC1CC1)c1ccc2c(c1)OCCO2. The maximum atomic E-state index is 10.0. The lowest BCUT2D eigenvalue weighted by atomic mass is 10.1. The quantitative estimate of drug-likeness (QED) is 0.867. The molecule has 0 bridgehead atoms. The molecule has 1 fully saturated rings. The van der Waals surface area contributed by atoms with Gasteiger partial charge in [-0.05, 0) is 36.5 Å². The van der Waals surface area contributed by atoms with Crippen LogP contribution in [-0.4, -0.2) is 31.5 Å². The molecule has 0 amide bonds. The van der Waals surface area contributed by atoms with Crippen LogP contribution in [0.1, 0.15) is 24.5 Å². The van der Waals surface area contributed by atoms with E-state index in [-0.39, 0.29) is 0 Å². The van der Waals surface area contributed by atoms with E-state index in [2.05, 4.69) is 0 Å². The number of rotatable bonds is 5. The Hall–Kier alpha value is -1.26. The fourth-order valence-corrected chi connectivity index (χ4v) is 1.99. The van der Waals surface area contributed by atoms with Gasteiger partial charge in [-0.1, -0.05) is 6.07 Å². The molecule has 1 N–H and O–H groups in total. The van der Waals surface area contributed by atoms with E-state index in [1.807, 2.05) is 18.2 Å². The second-order valence-corrected chi connectivity index (χ2v) is 4.90. The zero-order valence-electron chi connectivity index (χ0n) is 10.3. The lowest BCUT2D eigenvalue weighted by Gasteiger charge is -2.20. The third kappa shape index (κ3) is 2.76. The fraction of sp³-hybridized carbons (Fsp3) is 0.571. The predicted molar refractivity (Wildman–Crippen MR) is 65.9 cm³/mol. The van der Waals surface area contributed by atoms with Crippen LogP contribution in [0.5, 0.6) is 11.5 Å². The van der Waals surface area contributed by atoms with Gasteiger partial charge in [0.05, 0.1) is 6.61 Å². The molecule has 1 aliphatic carbocycles. The third-order valence-corrected chi connectivity index (χ3v) is 3.28. The molecule has 1 aliphatic heterocycles. The summed E-state index contributed by atoms with van der Waals surface area (Å²) in [5, 5.41) is 10.0. The predicted octanol–water partition coefficient (Wildman–Crippen LogP) is 1.92. The Labute approximate surface area is 106 Å². The van der Waals surface area contributed by atoms with Crippen molar-refractivity contribution in [2.75, 3.05) is 26.4 Å². The number of benzene rings is 1. The Balaban J connectivity index is 1.59. The van der Waals surface area contributed by atoms with Crippen molar-refractivity contribution >= 4 is 0 Å². The minimum absolute atomic E-state index is 0.343. The highest BCUT2D eigenvalue weighted by atomic mass is 16.6. The van der Waals surface area contributed by atoms with Crippen LogP contribution in [0.3, 0.4) is 0 Å². The van der Waals surface area contributed by atoms with Gasteiger partial charge in [0.25, 0.3) is 0 Å². The molecule has 18 heavy (non-hydrogen) atoms. The summed E-state index contributed by atoms with van der Waals surface area (Å²) in [5.41, 5.74) is 0.815. The summed E-state index contributed by atoms with van der Waals surface area (Å²) >= 11 is 0. The molecule has 1 heterocycles. The Morgan fingerprint density at radius 1 is 1.22 bits per heavy atom. The molecular formula is C14H18O4. The van der Waals surface area contributed by atoms with E-state index in [9.17, 15) is 5.11 Å². The molecule has 4 nitrogen and oxygen atoms in total. The zero-order valence-corrected chi connectivity index (χ0v) is 10.3. The zero-order chi connectivity index (χ0) is 12.4. The van der Waals surface area contributed by atoms with Crippen molar-refractivity contribution in [3.05, 3.63) is 23.8 Å². The number of hydrogen-bond donors (Lipinski definition) is 1. The van der Waals surface area contributed by atoms with E-state index < -0.39 is 6.10 Å². The average molecular weight is 250 g/mol. The molecule has 1 aromatic carbocycles. The highest BCUT2D eigenvalue weighted by molar-refractivity contribution is 5.44. The summed E-state index contributed by atoms with van der Waals surface area (Å²) < 4.78 is 16.4. The Morgan fingerprint density at radius 3 is 2.78 bits per heavy atom. The van der Waals surface area contributed by atoms with Gasteiger partial charge in [-0.25, -0.2) is 0 Å². The van der Waals surface area contributed by atoms with Gasteiger partial charge in [0.2, 0.25) is 0 Å². The van der Waals surface area contributed by atoms with E-state index in [0.717, 1.165) is 23.8 Å².